The van der Waals surface area contributed by atoms with E-state index in [4.69, 9.17) is 11.5 Å². The third-order valence-electron chi connectivity index (χ3n) is 4.21. The van der Waals surface area contributed by atoms with Crippen LogP contribution in [0.4, 0.5) is 5.69 Å². The number of aryl methyl sites for hydroxylation is 1. The number of nitrogens with zero attached hydrogens (tertiary/aromatic N) is 2. The number of pyridine rings is 1. The van der Waals surface area contributed by atoms with E-state index >= 15 is 0 Å². The second-order valence-electron chi connectivity index (χ2n) is 6.09. The Hall–Kier alpha value is -1.62. The third-order valence-corrected chi connectivity index (χ3v) is 4.21. The number of hydrogen-bond donors (Lipinski definition) is 2. The highest BCUT2D eigenvalue weighted by molar-refractivity contribution is 5.81. The minimum absolute atomic E-state index is 0.104. The van der Waals surface area contributed by atoms with E-state index in [2.05, 4.69) is 11.9 Å². The lowest BCUT2D eigenvalue weighted by molar-refractivity contribution is -0.134. The topological polar surface area (TPSA) is 85.2 Å². The molecule has 5 heteroatoms. The lowest BCUT2D eigenvalue weighted by Gasteiger charge is -2.32. The van der Waals surface area contributed by atoms with Gasteiger partial charge in [0.25, 0.3) is 0 Å². The van der Waals surface area contributed by atoms with Crippen molar-refractivity contribution in [3.63, 3.8) is 0 Å². The van der Waals surface area contributed by atoms with Crippen molar-refractivity contribution in [3.05, 3.63) is 24.0 Å². The van der Waals surface area contributed by atoms with Crippen molar-refractivity contribution < 1.29 is 4.79 Å². The number of rotatable bonds is 5. The standard InChI is InChI=1S/C16H26N4O/c1-12-7-9-20(10-8-12)16(21)15(18)4-2-3-14-6-5-13(17)11-19-14/h5-6,11-12,15H,2-4,7-10,17-18H2,1H3/t15-/m0/s1. The Kier molecular flexibility index (Phi) is 5.56. The molecule has 0 bridgehead atoms. The zero-order valence-electron chi connectivity index (χ0n) is 12.8. The van der Waals surface area contributed by atoms with E-state index < -0.39 is 0 Å². The Labute approximate surface area is 126 Å². The van der Waals surface area contributed by atoms with Crippen molar-refractivity contribution in [2.24, 2.45) is 11.7 Å². The predicted molar refractivity (Wildman–Crippen MR) is 84.5 cm³/mol. The van der Waals surface area contributed by atoms with Crippen molar-refractivity contribution >= 4 is 11.6 Å². The molecular weight excluding hydrogens is 264 g/mol. The molecule has 1 fully saturated rings. The number of aromatic nitrogens is 1. The van der Waals surface area contributed by atoms with Gasteiger partial charge >= 0.3 is 0 Å². The van der Waals surface area contributed by atoms with Gasteiger partial charge in [0.1, 0.15) is 0 Å². The molecule has 116 valence electrons. The van der Waals surface area contributed by atoms with E-state index in [0.717, 1.165) is 50.4 Å². The van der Waals surface area contributed by atoms with Crippen LogP contribution >= 0.6 is 0 Å². The molecule has 0 aliphatic carbocycles. The molecule has 1 aromatic rings. The molecule has 1 aliphatic rings. The summed E-state index contributed by atoms with van der Waals surface area (Å²) in [5, 5.41) is 0. The maximum absolute atomic E-state index is 12.3. The predicted octanol–water partition coefficient (Wildman–Crippen LogP) is 1.57. The first-order chi connectivity index (χ1) is 10.1. The second kappa shape index (κ2) is 7.41. The van der Waals surface area contributed by atoms with Gasteiger partial charge in [0.05, 0.1) is 17.9 Å². The number of nitrogen functional groups attached to an aromatic ring is 1. The van der Waals surface area contributed by atoms with Gasteiger partial charge in [-0.05, 0) is 50.2 Å². The summed E-state index contributed by atoms with van der Waals surface area (Å²) < 4.78 is 0. The number of carbonyl (C=O) groups excluding carboxylic acids is 1. The minimum atomic E-state index is -0.382. The van der Waals surface area contributed by atoms with Gasteiger partial charge in [-0.3, -0.25) is 9.78 Å². The zero-order valence-corrected chi connectivity index (χ0v) is 12.8. The highest BCUT2D eigenvalue weighted by Gasteiger charge is 2.24. The molecule has 1 amide bonds. The number of hydrogen-bond acceptors (Lipinski definition) is 4. The Morgan fingerprint density at radius 2 is 2.14 bits per heavy atom. The van der Waals surface area contributed by atoms with Crippen molar-refractivity contribution in [3.8, 4) is 0 Å². The molecule has 0 spiro atoms. The van der Waals surface area contributed by atoms with Gasteiger partial charge in [0.15, 0.2) is 0 Å². The summed E-state index contributed by atoms with van der Waals surface area (Å²) in [6, 6.07) is 3.39. The number of amides is 1. The van der Waals surface area contributed by atoms with Crippen molar-refractivity contribution in [2.75, 3.05) is 18.8 Å². The number of likely N-dealkylation sites (tertiary alicyclic amines) is 1. The van der Waals surface area contributed by atoms with Crippen LogP contribution in [-0.4, -0.2) is 34.9 Å². The van der Waals surface area contributed by atoms with E-state index in [0.29, 0.717) is 12.1 Å². The SMILES string of the molecule is CC1CCN(C(=O)[C@@H](N)CCCc2ccc(N)cn2)CC1. The average molecular weight is 290 g/mol. The van der Waals surface area contributed by atoms with E-state index in [1.807, 2.05) is 17.0 Å². The van der Waals surface area contributed by atoms with E-state index in [9.17, 15) is 4.79 Å². The first-order valence-electron chi connectivity index (χ1n) is 7.81. The average Bonchev–Trinajstić information content (AvgIpc) is 2.49. The Bertz CT molecular complexity index is 452. The van der Waals surface area contributed by atoms with Crippen molar-refractivity contribution in [2.45, 2.75) is 45.1 Å². The van der Waals surface area contributed by atoms with Crippen LogP contribution in [0.3, 0.4) is 0 Å². The fraction of sp³-hybridized carbons (Fsp3) is 0.625. The van der Waals surface area contributed by atoms with Gasteiger partial charge < -0.3 is 16.4 Å². The molecule has 1 aliphatic heterocycles. The Morgan fingerprint density at radius 1 is 1.43 bits per heavy atom. The smallest absolute Gasteiger partial charge is 0.239 e. The number of nitrogens with two attached hydrogens (primary N) is 2. The molecule has 0 radical (unpaired) electrons. The van der Waals surface area contributed by atoms with Crippen LogP contribution < -0.4 is 11.5 Å². The summed E-state index contributed by atoms with van der Waals surface area (Å²) in [6.07, 6.45) is 6.25. The summed E-state index contributed by atoms with van der Waals surface area (Å²) in [7, 11) is 0. The van der Waals surface area contributed by atoms with E-state index in [-0.39, 0.29) is 11.9 Å². The summed E-state index contributed by atoms with van der Waals surface area (Å²) in [4.78, 5) is 18.4. The van der Waals surface area contributed by atoms with E-state index in [1.165, 1.54) is 0 Å². The van der Waals surface area contributed by atoms with Crippen LogP contribution in [0.2, 0.25) is 0 Å². The van der Waals surface area contributed by atoms with Gasteiger partial charge in [0.2, 0.25) is 5.91 Å². The van der Waals surface area contributed by atoms with Crippen LogP contribution in [0.1, 0.15) is 38.3 Å². The molecule has 21 heavy (non-hydrogen) atoms. The van der Waals surface area contributed by atoms with Crippen LogP contribution in [-0.2, 0) is 11.2 Å². The van der Waals surface area contributed by atoms with Gasteiger partial charge in [-0.25, -0.2) is 0 Å². The molecule has 1 atom stereocenters. The number of carbonyl (C=O) groups is 1. The fourth-order valence-corrected chi connectivity index (χ4v) is 2.67. The molecule has 5 nitrogen and oxygen atoms in total. The summed E-state index contributed by atoms with van der Waals surface area (Å²) >= 11 is 0. The highest BCUT2D eigenvalue weighted by atomic mass is 16.2. The molecule has 0 aromatic carbocycles. The first-order valence-corrected chi connectivity index (χ1v) is 7.81. The summed E-state index contributed by atoms with van der Waals surface area (Å²) in [6.45, 7) is 3.95. The zero-order chi connectivity index (χ0) is 15.2. The van der Waals surface area contributed by atoms with Crippen LogP contribution in [0, 0.1) is 5.92 Å². The molecule has 2 heterocycles. The van der Waals surface area contributed by atoms with Gasteiger partial charge in [-0.1, -0.05) is 6.92 Å². The van der Waals surface area contributed by atoms with Crippen LogP contribution in [0.25, 0.3) is 0 Å². The maximum Gasteiger partial charge on any atom is 0.239 e. The Balaban J connectivity index is 1.72. The largest absolute Gasteiger partial charge is 0.397 e. The monoisotopic (exact) mass is 290 g/mol. The second-order valence-corrected chi connectivity index (χ2v) is 6.09. The lowest BCUT2D eigenvalue weighted by atomic mass is 9.98. The third kappa shape index (κ3) is 4.70. The lowest BCUT2D eigenvalue weighted by Crippen LogP contribution is -2.46. The normalized spacial score (nSPS) is 17.7. The molecular formula is C16H26N4O. The van der Waals surface area contributed by atoms with Crippen LogP contribution in [0.5, 0.6) is 0 Å². The minimum Gasteiger partial charge on any atom is -0.397 e. The number of piperidine rings is 1. The van der Waals surface area contributed by atoms with Crippen molar-refractivity contribution in [1.29, 1.82) is 0 Å². The molecule has 1 aromatic heterocycles. The molecule has 1 saturated heterocycles. The quantitative estimate of drug-likeness (QED) is 0.862. The summed E-state index contributed by atoms with van der Waals surface area (Å²) in [5.74, 6) is 0.828. The van der Waals surface area contributed by atoms with Crippen LogP contribution in [0.15, 0.2) is 18.3 Å². The van der Waals surface area contributed by atoms with Crippen molar-refractivity contribution in [1.82, 2.24) is 9.88 Å². The molecule has 0 unspecified atom stereocenters. The Morgan fingerprint density at radius 3 is 2.76 bits per heavy atom. The van der Waals surface area contributed by atoms with Gasteiger partial charge in [-0.15, -0.1) is 0 Å². The first kappa shape index (κ1) is 15.8. The number of anilines is 1. The maximum atomic E-state index is 12.3. The van der Waals surface area contributed by atoms with Gasteiger partial charge in [0, 0.05) is 18.8 Å². The summed E-state index contributed by atoms with van der Waals surface area (Å²) in [5.41, 5.74) is 13.3. The van der Waals surface area contributed by atoms with E-state index in [1.54, 1.807) is 6.20 Å². The highest BCUT2D eigenvalue weighted by Crippen LogP contribution is 2.17. The fourth-order valence-electron chi connectivity index (χ4n) is 2.67. The molecule has 4 N–H and O–H groups in total. The molecule has 2 rings (SSSR count). The van der Waals surface area contributed by atoms with Gasteiger partial charge in [-0.2, -0.15) is 0 Å². The molecule has 0 saturated carbocycles.